The molecule has 1 saturated heterocycles. The van der Waals surface area contributed by atoms with Crippen LogP contribution in [-0.2, 0) is 6.54 Å². The van der Waals surface area contributed by atoms with Crippen LogP contribution in [0.3, 0.4) is 0 Å². The summed E-state index contributed by atoms with van der Waals surface area (Å²) in [4.78, 5) is 17.1. The van der Waals surface area contributed by atoms with E-state index in [1.54, 1.807) is 6.07 Å². The van der Waals surface area contributed by atoms with E-state index in [-0.39, 0.29) is 17.1 Å². The maximum absolute atomic E-state index is 13.3. The molecule has 1 fully saturated rings. The van der Waals surface area contributed by atoms with Crippen molar-refractivity contribution in [1.82, 2.24) is 15.2 Å². The van der Waals surface area contributed by atoms with Crippen LogP contribution in [-0.4, -0.2) is 34.9 Å². The molecule has 0 aliphatic carbocycles. The minimum Gasteiger partial charge on any atom is -0.348 e. The molecule has 8 heteroatoms. The minimum atomic E-state index is -0.838. The summed E-state index contributed by atoms with van der Waals surface area (Å²) < 4.78 is 26.2. The number of aromatic nitrogens is 1. The maximum Gasteiger partial charge on any atom is 0.268 e. The molecule has 1 aliphatic rings. The molecule has 0 atom stereocenters. The fourth-order valence-corrected chi connectivity index (χ4v) is 3.23. The van der Waals surface area contributed by atoms with Crippen LogP contribution in [0.1, 0.15) is 28.9 Å². The molecule has 0 unspecified atom stereocenters. The average Bonchev–Trinajstić information content (AvgIpc) is 2.92. The largest absolute Gasteiger partial charge is 0.348 e. The summed E-state index contributed by atoms with van der Waals surface area (Å²) in [5, 5.41) is 3.51. The van der Waals surface area contributed by atoms with Crippen molar-refractivity contribution in [3.63, 3.8) is 0 Å². The lowest BCUT2D eigenvalue weighted by atomic mass is 10.0. The Hall–Kier alpha value is -1.63. The van der Waals surface area contributed by atoms with Crippen LogP contribution >= 0.6 is 23.2 Å². The highest BCUT2D eigenvalue weighted by molar-refractivity contribution is 6.41. The number of carbonyl (C=O) groups is 1. The van der Waals surface area contributed by atoms with Gasteiger partial charge in [-0.2, -0.15) is 0 Å². The molecule has 1 amide bonds. The van der Waals surface area contributed by atoms with E-state index in [0.29, 0.717) is 17.3 Å². The van der Waals surface area contributed by atoms with Crippen molar-refractivity contribution >= 4 is 29.1 Å². The zero-order chi connectivity index (χ0) is 18.0. The van der Waals surface area contributed by atoms with E-state index in [1.807, 2.05) is 0 Å². The number of H-pyrrole nitrogens is 1. The Morgan fingerprint density at radius 3 is 2.52 bits per heavy atom. The van der Waals surface area contributed by atoms with Gasteiger partial charge in [0.15, 0.2) is 11.6 Å². The summed E-state index contributed by atoms with van der Waals surface area (Å²) in [6, 6.07) is 5.50. The van der Waals surface area contributed by atoms with Gasteiger partial charge in [-0.3, -0.25) is 9.69 Å². The zero-order valence-corrected chi connectivity index (χ0v) is 14.8. The monoisotopic (exact) mass is 387 g/mol. The molecule has 3 rings (SSSR count). The van der Waals surface area contributed by atoms with Crippen LogP contribution in [0.5, 0.6) is 0 Å². The van der Waals surface area contributed by atoms with E-state index in [0.717, 1.165) is 37.6 Å². The first-order valence-electron chi connectivity index (χ1n) is 7.93. The molecule has 2 N–H and O–H groups in total. The SMILES string of the molecule is O=C(NC1CCN(Cc2ccc(F)c(F)c2)CC1)c1cc(Cl)c(Cl)[nH]1. The number of likely N-dealkylation sites (tertiary alicyclic amines) is 1. The number of nitrogens with one attached hydrogen (secondary N) is 2. The van der Waals surface area contributed by atoms with Gasteiger partial charge in [0.2, 0.25) is 0 Å². The summed E-state index contributed by atoms with van der Waals surface area (Å²) in [5.74, 6) is -1.91. The van der Waals surface area contributed by atoms with Crippen LogP contribution in [0.25, 0.3) is 0 Å². The standard InChI is InChI=1S/C17H17Cl2F2N3O/c18-12-8-15(23-16(12)19)17(25)22-11-3-5-24(6-4-11)9-10-1-2-13(20)14(21)7-10/h1-2,7-8,11,23H,3-6,9H2,(H,22,25). The number of amides is 1. The third kappa shape index (κ3) is 4.51. The quantitative estimate of drug-likeness (QED) is 0.832. The Labute approximate surface area is 154 Å². The van der Waals surface area contributed by atoms with Gasteiger partial charge in [0.05, 0.1) is 5.02 Å². The van der Waals surface area contributed by atoms with Crippen LogP contribution < -0.4 is 5.32 Å². The molecule has 1 aromatic carbocycles. The Bertz CT molecular complexity index is 754. The predicted molar refractivity (Wildman–Crippen MR) is 92.9 cm³/mol. The molecule has 2 aromatic rings. The van der Waals surface area contributed by atoms with E-state index >= 15 is 0 Å². The molecule has 134 valence electrons. The van der Waals surface area contributed by atoms with Crippen molar-refractivity contribution in [3.05, 3.63) is 57.3 Å². The van der Waals surface area contributed by atoms with Gasteiger partial charge in [0.25, 0.3) is 5.91 Å². The number of rotatable bonds is 4. The Kier molecular flexibility index (Phi) is 5.61. The number of hydrogen-bond donors (Lipinski definition) is 2. The van der Waals surface area contributed by atoms with Crippen molar-refractivity contribution < 1.29 is 13.6 Å². The Balaban J connectivity index is 1.49. The van der Waals surface area contributed by atoms with Gasteiger partial charge in [-0.05, 0) is 36.6 Å². The molecule has 2 heterocycles. The van der Waals surface area contributed by atoms with Gasteiger partial charge < -0.3 is 10.3 Å². The molecule has 25 heavy (non-hydrogen) atoms. The van der Waals surface area contributed by atoms with Crippen molar-refractivity contribution in [2.75, 3.05) is 13.1 Å². The smallest absolute Gasteiger partial charge is 0.268 e. The average molecular weight is 388 g/mol. The Morgan fingerprint density at radius 2 is 1.92 bits per heavy atom. The lowest BCUT2D eigenvalue weighted by Gasteiger charge is -2.32. The van der Waals surface area contributed by atoms with Gasteiger partial charge in [0, 0.05) is 25.7 Å². The first-order chi connectivity index (χ1) is 11.9. The number of carbonyl (C=O) groups excluding carboxylic acids is 1. The second kappa shape index (κ2) is 7.72. The summed E-state index contributed by atoms with van der Waals surface area (Å²) in [7, 11) is 0. The topological polar surface area (TPSA) is 48.1 Å². The van der Waals surface area contributed by atoms with E-state index in [2.05, 4.69) is 15.2 Å². The first-order valence-corrected chi connectivity index (χ1v) is 8.69. The third-order valence-electron chi connectivity index (χ3n) is 4.28. The minimum absolute atomic E-state index is 0.0505. The van der Waals surface area contributed by atoms with E-state index in [1.165, 1.54) is 12.1 Å². The number of nitrogens with zero attached hydrogens (tertiary/aromatic N) is 1. The van der Waals surface area contributed by atoms with E-state index < -0.39 is 11.6 Å². The lowest BCUT2D eigenvalue weighted by molar-refractivity contribution is 0.0904. The molecule has 1 aliphatic heterocycles. The molecule has 0 radical (unpaired) electrons. The highest BCUT2D eigenvalue weighted by atomic mass is 35.5. The summed E-state index contributed by atoms with van der Waals surface area (Å²) in [6.07, 6.45) is 1.55. The predicted octanol–water partition coefficient (Wildman–Crippen LogP) is 3.99. The number of halogens is 4. The Morgan fingerprint density at radius 1 is 1.20 bits per heavy atom. The van der Waals surface area contributed by atoms with Gasteiger partial charge >= 0.3 is 0 Å². The van der Waals surface area contributed by atoms with Crippen molar-refractivity contribution in [2.45, 2.75) is 25.4 Å². The second-order valence-corrected chi connectivity index (χ2v) is 6.90. The van der Waals surface area contributed by atoms with Gasteiger partial charge in [0.1, 0.15) is 10.8 Å². The molecule has 1 aromatic heterocycles. The normalized spacial score (nSPS) is 16.2. The summed E-state index contributed by atoms with van der Waals surface area (Å²) >= 11 is 11.6. The van der Waals surface area contributed by atoms with Gasteiger partial charge in [-0.1, -0.05) is 29.3 Å². The van der Waals surface area contributed by atoms with E-state index in [9.17, 15) is 13.6 Å². The molecule has 0 saturated carbocycles. The zero-order valence-electron chi connectivity index (χ0n) is 13.3. The van der Waals surface area contributed by atoms with Crippen LogP contribution in [0, 0.1) is 11.6 Å². The van der Waals surface area contributed by atoms with Gasteiger partial charge in [-0.25, -0.2) is 8.78 Å². The second-order valence-electron chi connectivity index (χ2n) is 6.12. The van der Waals surface area contributed by atoms with Crippen molar-refractivity contribution in [3.8, 4) is 0 Å². The number of piperidine rings is 1. The fourth-order valence-electron chi connectivity index (χ4n) is 2.92. The number of benzene rings is 1. The van der Waals surface area contributed by atoms with Crippen LogP contribution in [0.4, 0.5) is 8.78 Å². The highest BCUT2D eigenvalue weighted by Gasteiger charge is 2.22. The molecule has 4 nitrogen and oxygen atoms in total. The van der Waals surface area contributed by atoms with Crippen LogP contribution in [0.2, 0.25) is 10.2 Å². The van der Waals surface area contributed by atoms with E-state index in [4.69, 9.17) is 23.2 Å². The molecular weight excluding hydrogens is 371 g/mol. The van der Waals surface area contributed by atoms with Crippen molar-refractivity contribution in [1.29, 1.82) is 0 Å². The molecule has 0 bridgehead atoms. The summed E-state index contributed by atoms with van der Waals surface area (Å²) in [6.45, 7) is 2.08. The van der Waals surface area contributed by atoms with Gasteiger partial charge in [-0.15, -0.1) is 0 Å². The first kappa shape index (κ1) is 18.2. The number of aromatic amines is 1. The summed E-state index contributed by atoms with van der Waals surface area (Å²) in [5.41, 5.74) is 1.07. The maximum atomic E-state index is 13.3. The molecule has 0 spiro atoms. The molecular formula is C17H17Cl2F2N3O. The fraction of sp³-hybridized carbons (Fsp3) is 0.353. The number of hydrogen-bond acceptors (Lipinski definition) is 2. The lowest BCUT2D eigenvalue weighted by Crippen LogP contribution is -2.44. The van der Waals surface area contributed by atoms with Crippen LogP contribution in [0.15, 0.2) is 24.3 Å². The third-order valence-corrected chi connectivity index (χ3v) is 4.98. The van der Waals surface area contributed by atoms with Crippen molar-refractivity contribution in [2.24, 2.45) is 0 Å². The highest BCUT2D eigenvalue weighted by Crippen LogP contribution is 2.22.